The highest BCUT2D eigenvalue weighted by Gasteiger charge is 2.28. The van der Waals surface area contributed by atoms with Crippen LogP contribution in [0.5, 0.6) is 11.5 Å². The summed E-state index contributed by atoms with van der Waals surface area (Å²) in [6.45, 7) is 28.6. The Kier molecular flexibility index (Phi) is 35.3. The second-order valence-electron chi connectivity index (χ2n) is 30.0. The summed E-state index contributed by atoms with van der Waals surface area (Å²) in [5, 5.41) is 5.24. The number of methoxy groups -OCH3 is 2. The van der Waals surface area contributed by atoms with Gasteiger partial charge in [-0.3, -0.25) is 48.7 Å². The van der Waals surface area contributed by atoms with Gasteiger partial charge in [-0.2, -0.15) is 0 Å². The van der Waals surface area contributed by atoms with Crippen molar-refractivity contribution in [3.8, 4) is 67.8 Å². The van der Waals surface area contributed by atoms with Gasteiger partial charge in [0.2, 0.25) is 0 Å². The van der Waals surface area contributed by atoms with E-state index in [1.807, 2.05) is 255 Å². The number of carbonyl (C=O) groups excluding carboxylic acids is 6. The molecule has 0 aliphatic heterocycles. The lowest BCUT2D eigenvalue weighted by molar-refractivity contribution is 0.0852. The zero-order chi connectivity index (χ0) is 77.2. The number of nitrogen functional groups attached to an aromatic ring is 3. The summed E-state index contributed by atoms with van der Waals surface area (Å²) in [4.78, 5) is 94.9. The molecule has 0 spiro atoms. The predicted octanol–water partition coefficient (Wildman–Crippen LogP) is 23.1. The van der Waals surface area contributed by atoms with Crippen molar-refractivity contribution in [3.63, 3.8) is 0 Å². The van der Waals surface area contributed by atoms with Gasteiger partial charge in [0.25, 0.3) is 5.91 Å². The van der Waals surface area contributed by atoms with Crippen LogP contribution < -0.4 is 32.0 Å². The van der Waals surface area contributed by atoms with Crippen molar-refractivity contribution >= 4 is 68.9 Å². The van der Waals surface area contributed by atoms with Gasteiger partial charge in [-0.15, -0.1) is 11.3 Å². The number of nitrogens with two attached hydrogens (primary N) is 3. The second-order valence-corrected chi connectivity index (χ2v) is 30.9. The number of hydrogen-bond acceptors (Lipinski definition) is 17. The van der Waals surface area contributed by atoms with Gasteiger partial charge < -0.3 is 32.0 Å². The van der Waals surface area contributed by atoms with Crippen molar-refractivity contribution in [2.45, 2.75) is 141 Å². The molecule has 1 amide bonds. The van der Waals surface area contributed by atoms with Gasteiger partial charge in [-0.25, -0.2) is 4.98 Å². The molecule has 5 aromatic heterocycles. The Morgan fingerprint density at radius 3 is 1.14 bits per heavy atom. The number of benzene rings is 6. The molecule has 0 atom stereocenters. The molecule has 0 radical (unpaired) electrons. The molecular weight excluding hydrogens is 1390 g/mol. The van der Waals surface area contributed by atoms with Gasteiger partial charge >= 0.3 is 0 Å². The molecule has 0 saturated heterocycles. The van der Waals surface area contributed by atoms with Crippen LogP contribution in [0, 0.1) is 27.1 Å². The number of thiazole rings is 1. The Morgan fingerprint density at radius 1 is 0.336 bits per heavy atom. The van der Waals surface area contributed by atoms with Crippen LogP contribution in [0.2, 0.25) is 0 Å². The molecule has 7 N–H and O–H groups in total. The first-order valence-corrected chi connectivity index (χ1v) is 35.0. The normalized spacial score (nSPS) is 10.7. The second kappa shape index (κ2) is 41.1. The third kappa shape index (κ3) is 27.2. The Bertz CT molecular complexity index is 4570. The maximum Gasteiger partial charge on any atom is 0.255 e. The highest BCUT2D eigenvalue weighted by atomic mass is 32.1. The predicted molar refractivity (Wildman–Crippen MR) is 460 cm³/mol. The van der Waals surface area contributed by atoms with E-state index < -0.39 is 10.8 Å². The minimum Gasteiger partial charge on any atom is -0.497 e. The fourth-order valence-corrected chi connectivity index (χ4v) is 10.9. The molecule has 0 saturated carbocycles. The van der Waals surface area contributed by atoms with Gasteiger partial charge in [-0.05, 0) is 108 Å². The number of nitrogens with one attached hydrogen (secondary N) is 1. The van der Waals surface area contributed by atoms with Crippen LogP contribution in [-0.4, -0.2) is 74.0 Å². The molecular formula is C92H115N9O8S. The fraction of sp³-hybridized carbons (Fsp3) is 0.293. The highest BCUT2D eigenvalue weighted by Crippen LogP contribution is 2.32. The monoisotopic (exact) mass is 1510 g/mol. The van der Waals surface area contributed by atoms with Crippen molar-refractivity contribution in [3.05, 3.63) is 257 Å². The van der Waals surface area contributed by atoms with Gasteiger partial charge in [0, 0.05) is 137 Å². The minimum atomic E-state index is -0.453. The van der Waals surface area contributed by atoms with E-state index in [2.05, 4.69) is 30.2 Å². The van der Waals surface area contributed by atoms with Crippen molar-refractivity contribution in [2.75, 3.05) is 36.7 Å². The summed E-state index contributed by atoms with van der Waals surface area (Å²) in [5.74, 6) is 1.81. The van der Waals surface area contributed by atoms with Crippen LogP contribution in [-0.2, 0) is 0 Å². The molecule has 11 aromatic rings. The van der Waals surface area contributed by atoms with Crippen molar-refractivity contribution in [1.82, 2.24) is 24.9 Å². The Morgan fingerprint density at radius 2 is 0.709 bits per heavy atom. The van der Waals surface area contributed by atoms with Crippen LogP contribution in [0.15, 0.2) is 224 Å². The summed E-state index contributed by atoms with van der Waals surface area (Å²) in [5.41, 5.74) is 30.0. The molecule has 18 heteroatoms. The maximum atomic E-state index is 12.3. The van der Waals surface area contributed by atoms with Crippen LogP contribution in [0.25, 0.3) is 56.3 Å². The number of ether oxygens (including phenoxy) is 2. The third-order valence-electron chi connectivity index (χ3n) is 16.0. The number of amides is 1. The number of pyridine rings is 4. The average molecular weight is 1510 g/mol. The third-order valence-corrected chi connectivity index (χ3v) is 16.8. The molecule has 0 unspecified atom stereocenters. The largest absolute Gasteiger partial charge is 0.497 e. The maximum absolute atomic E-state index is 12.3. The van der Waals surface area contributed by atoms with E-state index in [0.717, 1.165) is 78.9 Å². The van der Waals surface area contributed by atoms with Crippen molar-refractivity contribution < 1.29 is 38.2 Å². The first-order chi connectivity index (χ1) is 49.3. The summed E-state index contributed by atoms with van der Waals surface area (Å²) in [6.07, 6.45) is 6.61. The van der Waals surface area contributed by atoms with E-state index in [4.69, 9.17) is 26.7 Å². The molecule has 0 aliphatic rings. The number of Topliss-reactive ketones (excluding diaryl/α,β-unsaturated/α-hetero) is 5. The molecule has 110 heavy (non-hydrogen) atoms. The Balaban J connectivity index is 0.000000465. The van der Waals surface area contributed by atoms with Gasteiger partial charge in [0.1, 0.15) is 11.5 Å². The lowest BCUT2D eigenvalue weighted by Gasteiger charge is -2.16. The van der Waals surface area contributed by atoms with Crippen LogP contribution in [0.3, 0.4) is 0 Å². The van der Waals surface area contributed by atoms with Crippen molar-refractivity contribution in [2.24, 2.45) is 27.1 Å². The summed E-state index contributed by atoms with van der Waals surface area (Å²) in [7, 11) is 3.24. The number of ketones is 5. The van der Waals surface area contributed by atoms with E-state index in [0.29, 0.717) is 44.5 Å². The number of carbonyl (C=O) groups is 6. The van der Waals surface area contributed by atoms with E-state index >= 15 is 0 Å². The molecule has 6 aromatic carbocycles. The minimum absolute atomic E-state index is 0. The zero-order valence-corrected chi connectivity index (χ0v) is 63.8. The lowest BCUT2D eigenvalue weighted by atomic mass is 9.86. The van der Waals surface area contributed by atoms with Crippen molar-refractivity contribution in [1.29, 1.82) is 0 Å². The van der Waals surface area contributed by atoms with E-state index in [9.17, 15) is 28.8 Å². The number of nitrogens with zero attached hydrogens (tertiary/aromatic N) is 5. The van der Waals surface area contributed by atoms with E-state index in [-0.39, 0.29) is 88.2 Å². The van der Waals surface area contributed by atoms with Crippen LogP contribution in [0.4, 0.5) is 22.7 Å². The van der Waals surface area contributed by atoms with Crippen LogP contribution in [0.1, 0.15) is 203 Å². The smallest absolute Gasteiger partial charge is 0.255 e. The number of hydrogen-bond donors (Lipinski definition) is 4. The quantitative estimate of drug-likeness (QED) is 0.0582. The highest BCUT2D eigenvalue weighted by molar-refractivity contribution is 7.12. The zero-order valence-electron chi connectivity index (χ0n) is 63.0. The lowest BCUT2D eigenvalue weighted by Crippen LogP contribution is -2.20. The van der Waals surface area contributed by atoms with Gasteiger partial charge in [0.15, 0.2) is 33.9 Å². The number of aromatic nitrogens is 5. The van der Waals surface area contributed by atoms with Crippen LogP contribution >= 0.6 is 11.3 Å². The molecule has 582 valence electrons. The molecule has 0 aliphatic carbocycles. The summed E-state index contributed by atoms with van der Waals surface area (Å²) < 4.78 is 10.3. The number of rotatable bonds is 14. The first kappa shape index (κ1) is 94.5. The molecule has 11 rings (SSSR count). The van der Waals surface area contributed by atoms with Gasteiger partial charge in [-0.1, -0.05) is 226 Å². The standard InChI is InChI=1S/C21H21N3O2S.C17H19NO2.C17H19NO.C16H18N2O2.C16H18N2O.5CH4/c1-21(2,3)18(25)20-24-17(12-27-20)13-6-10-16(11-7-13)23-19(26)14-4-8-15(22)9-5-14;1-17(2,3)16(19)13-7-5-12(6-8-13)15-11-14(20-4)9-10-18-15;1-17(2,3)16(19)13-9-7-12(8-10-13)14-5-4-6-15(18)11-14;1-16(2,3)15(19)11-5-6-13(18-10-11)14-9-12(20-4)7-8-17-14;1-16(2,3)15(19)12-7-8-14(18-10-12)11-5-4-6-13(17)9-11;;;;;/h4-12H,22H2,1-3H3,(H,23,26);5-11H,1-4H3;4-11H,18H2,1-3H3;5-10H,1-4H3;4-10H,17H2,1-3H3;5*1H4. The molecule has 17 nitrogen and oxygen atoms in total. The molecule has 0 fully saturated rings. The first-order valence-electron chi connectivity index (χ1n) is 34.1. The van der Waals surface area contributed by atoms with E-state index in [1.54, 1.807) is 87.5 Å². The van der Waals surface area contributed by atoms with E-state index in [1.165, 1.54) is 11.3 Å². The topological polar surface area (TPSA) is 275 Å². The fourth-order valence-electron chi connectivity index (χ4n) is 9.90. The number of anilines is 4. The Labute approximate surface area is 658 Å². The molecule has 0 bridgehead atoms. The summed E-state index contributed by atoms with van der Waals surface area (Å²) in [6, 6.07) is 59.2. The summed E-state index contributed by atoms with van der Waals surface area (Å²) >= 11 is 1.35. The average Bonchev–Trinajstić information content (AvgIpc) is 1.74. The van der Waals surface area contributed by atoms with Gasteiger partial charge in [0.05, 0.1) is 42.7 Å². The molecule has 5 heterocycles. The Hall–Kier alpha value is -11.6. The SMILES string of the molecule is C.C.C.C.C.CC(C)(C)C(=O)c1ccc(-c2cccc(N)c2)cc1.CC(C)(C)C(=O)c1ccc(-c2cccc(N)c2)nc1.CC(C)(C)C(=O)c1nc(-c2ccc(NC(=O)c3ccc(N)cc3)cc2)cs1.COc1ccnc(-c2ccc(C(=O)C(C)(C)C)cc2)c1.COc1ccnc(-c2ccc(C(=O)C(C)(C)C)cn2)c1.